The fraction of sp³-hybridized carbons (Fsp3) is 0.167. The van der Waals surface area contributed by atoms with Crippen molar-refractivity contribution in [3.8, 4) is 0 Å². The van der Waals surface area contributed by atoms with Gasteiger partial charge in [-0.1, -0.05) is 0 Å². The van der Waals surface area contributed by atoms with Crippen LogP contribution in [0.5, 0.6) is 0 Å². The third-order valence-electron chi connectivity index (χ3n) is 1.38. The standard InChI is InChI=1S/C6H6N3O/c10-5-1-2-9-6(3-5)7-4-8-9/h2-3,7-8H,4H2. The number of hydrogen-bond donors (Lipinski definition) is 2. The van der Waals surface area contributed by atoms with Crippen LogP contribution in [0.4, 0.5) is 5.82 Å². The van der Waals surface area contributed by atoms with Gasteiger partial charge in [0.2, 0.25) is 0 Å². The minimum Gasteiger partial charge on any atom is -0.351 e. The lowest BCUT2D eigenvalue weighted by atomic mass is 10.4. The van der Waals surface area contributed by atoms with E-state index in [1.54, 1.807) is 10.9 Å². The molecule has 2 rings (SSSR count). The molecule has 0 aliphatic carbocycles. The molecule has 0 aromatic carbocycles. The summed E-state index contributed by atoms with van der Waals surface area (Å²) in [6.07, 6.45) is 1.58. The summed E-state index contributed by atoms with van der Waals surface area (Å²) in [5.41, 5.74) is 2.87. The Morgan fingerprint density at radius 3 is 3.50 bits per heavy atom. The van der Waals surface area contributed by atoms with Crippen molar-refractivity contribution in [3.63, 3.8) is 0 Å². The molecular weight excluding hydrogens is 130 g/mol. The first-order valence-electron chi connectivity index (χ1n) is 2.98. The van der Waals surface area contributed by atoms with Gasteiger partial charge in [-0.05, 0) is 0 Å². The molecule has 0 bridgehead atoms. The summed E-state index contributed by atoms with van der Waals surface area (Å²) in [6.45, 7) is 0.664. The molecule has 0 atom stereocenters. The summed E-state index contributed by atoms with van der Waals surface area (Å²) in [5, 5.41) is 2.97. The van der Waals surface area contributed by atoms with Gasteiger partial charge in [-0.15, -0.1) is 0 Å². The summed E-state index contributed by atoms with van der Waals surface area (Å²) >= 11 is 0. The van der Waals surface area contributed by atoms with Gasteiger partial charge >= 0.3 is 0 Å². The lowest BCUT2D eigenvalue weighted by Crippen LogP contribution is -2.09. The highest BCUT2D eigenvalue weighted by Crippen LogP contribution is 2.04. The van der Waals surface area contributed by atoms with Gasteiger partial charge in [-0.25, -0.2) is 4.68 Å². The van der Waals surface area contributed by atoms with E-state index >= 15 is 0 Å². The zero-order chi connectivity index (χ0) is 6.97. The van der Waals surface area contributed by atoms with E-state index in [0.29, 0.717) is 6.67 Å². The number of aromatic nitrogens is 1. The van der Waals surface area contributed by atoms with Gasteiger partial charge in [0.05, 0.1) is 6.07 Å². The van der Waals surface area contributed by atoms with Gasteiger partial charge < -0.3 is 10.7 Å². The van der Waals surface area contributed by atoms with Gasteiger partial charge in [0, 0.05) is 12.3 Å². The van der Waals surface area contributed by atoms with E-state index in [9.17, 15) is 4.79 Å². The maximum Gasteiger partial charge on any atom is 0.191 e. The molecule has 0 amide bonds. The highest BCUT2D eigenvalue weighted by atomic mass is 16.1. The summed E-state index contributed by atoms with van der Waals surface area (Å²) in [4.78, 5) is 10.7. The predicted octanol–water partition coefficient (Wildman–Crippen LogP) is -0.425. The second-order valence-electron chi connectivity index (χ2n) is 2.05. The van der Waals surface area contributed by atoms with Crippen LogP contribution in [0.3, 0.4) is 0 Å². The van der Waals surface area contributed by atoms with Crippen LogP contribution in [-0.4, -0.2) is 11.3 Å². The van der Waals surface area contributed by atoms with Gasteiger partial charge in [0.25, 0.3) is 0 Å². The fourth-order valence-corrected chi connectivity index (χ4v) is 0.915. The largest absolute Gasteiger partial charge is 0.351 e. The van der Waals surface area contributed by atoms with E-state index in [4.69, 9.17) is 0 Å². The third-order valence-corrected chi connectivity index (χ3v) is 1.38. The lowest BCUT2D eigenvalue weighted by Gasteiger charge is -1.98. The molecule has 1 radical (unpaired) electrons. The first kappa shape index (κ1) is 5.34. The third kappa shape index (κ3) is 0.655. The van der Waals surface area contributed by atoms with Crippen molar-refractivity contribution in [1.82, 2.24) is 4.68 Å². The summed E-state index contributed by atoms with van der Waals surface area (Å²) in [5.74, 6) is 0.795. The number of nitrogens with zero attached hydrogens (tertiary/aromatic N) is 1. The highest BCUT2D eigenvalue weighted by molar-refractivity contribution is 5.39. The van der Waals surface area contributed by atoms with Crippen LogP contribution < -0.4 is 16.2 Å². The van der Waals surface area contributed by atoms with Gasteiger partial charge in [0.15, 0.2) is 5.43 Å². The minimum absolute atomic E-state index is 0.0950. The topological polar surface area (TPSA) is 46.1 Å². The minimum atomic E-state index is -0.0950. The number of rotatable bonds is 0. The summed E-state index contributed by atoms with van der Waals surface area (Å²) < 4.78 is 1.72. The molecule has 0 saturated carbocycles. The van der Waals surface area contributed by atoms with Crippen LogP contribution in [0.25, 0.3) is 0 Å². The molecule has 4 nitrogen and oxygen atoms in total. The lowest BCUT2D eigenvalue weighted by molar-refractivity contribution is 0.950. The molecule has 2 N–H and O–H groups in total. The molecule has 1 aliphatic heterocycles. The molecule has 2 heterocycles. The smallest absolute Gasteiger partial charge is 0.191 e. The molecule has 10 heavy (non-hydrogen) atoms. The zero-order valence-corrected chi connectivity index (χ0v) is 5.22. The normalized spacial score (nSPS) is 13.6. The highest BCUT2D eigenvalue weighted by Gasteiger charge is 2.04. The second-order valence-corrected chi connectivity index (χ2v) is 2.05. The van der Waals surface area contributed by atoms with Crippen LogP contribution in [0.15, 0.2) is 17.1 Å². The molecule has 1 aliphatic rings. The van der Waals surface area contributed by atoms with Gasteiger partial charge in [-0.2, -0.15) is 0 Å². The maximum atomic E-state index is 10.7. The molecule has 4 heteroatoms. The van der Waals surface area contributed by atoms with E-state index in [-0.39, 0.29) is 5.43 Å². The van der Waals surface area contributed by atoms with E-state index < -0.39 is 0 Å². The Hall–Kier alpha value is -1.45. The molecule has 1 aromatic heterocycles. The van der Waals surface area contributed by atoms with Crippen LogP contribution in [0.1, 0.15) is 0 Å². The van der Waals surface area contributed by atoms with Crippen LogP contribution in [-0.2, 0) is 0 Å². The average Bonchev–Trinajstić information content (AvgIpc) is 2.33. The molecule has 0 saturated heterocycles. The first-order valence-corrected chi connectivity index (χ1v) is 2.98. The van der Waals surface area contributed by atoms with Crippen LogP contribution in [0.2, 0.25) is 0 Å². The van der Waals surface area contributed by atoms with Crippen molar-refractivity contribution in [3.05, 3.63) is 28.6 Å². The Morgan fingerprint density at radius 2 is 2.60 bits per heavy atom. The first-order chi connectivity index (χ1) is 4.86. The predicted molar refractivity (Wildman–Crippen MR) is 37.4 cm³/mol. The quantitative estimate of drug-likeness (QED) is 0.509. The summed E-state index contributed by atoms with van der Waals surface area (Å²) in [6, 6.07) is 4.04. The zero-order valence-electron chi connectivity index (χ0n) is 5.22. The van der Waals surface area contributed by atoms with Crippen molar-refractivity contribution in [2.45, 2.75) is 0 Å². The second kappa shape index (κ2) is 1.76. The molecule has 1 aromatic rings. The number of hydrogen-bond acceptors (Lipinski definition) is 3. The Balaban J connectivity index is 2.63. The molecular formula is C6H6N3O. The molecule has 0 fully saturated rings. The van der Waals surface area contributed by atoms with Crippen LogP contribution in [0, 0.1) is 6.07 Å². The number of anilines is 1. The number of nitrogens with one attached hydrogen (secondary N) is 2. The Kier molecular flexibility index (Phi) is 0.943. The van der Waals surface area contributed by atoms with E-state index in [0.717, 1.165) is 5.82 Å². The summed E-state index contributed by atoms with van der Waals surface area (Å²) in [7, 11) is 0. The van der Waals surface area contributed by atoms with Crippen molar-refractivity contribution < 1.29 is 0 Å². The Bertz CT molecular complexity index is 304. The number of fused-ring (bicyclic) bond motifs is 1. The average molecular weight is 136 g/mol. The maximum absolute atomic E-state index is 10.7. The Labute approximate surface area is 57.5 Å². The fourth-order valence-electron chi connectivity index (χ4n) is 0.915. The van der Waals surface area contributed by atoms with E-state index in [2.05, 4.69) is 16.8 Å². The monoisotopic (exact) mass is 136 g/mol. The van der Waals surface area contributed by atoms with Crippen molar-refractivity contribution in [2.24, 2.45) is 0 Å². The molecule has 0 spiro atoms. The van der Waals surface area contributed by atoms with Crippen molar-refractivity contribution >= 4 is 5.82 Å². The number of pyridine rings is 1. The van der Waals surface area contributed by atoms with E-state index in [1.165, 1.54) is 6.07 Å². The molecule has 0 unspecified atom stereocenters. The van der Waals surface area contributed by atoms with Gasteiger partial charge in [-0.3, -0.25) is 4.79 Å². The van der Waals surface area contributed by atoms with E-state index in [1.807, 2.05) is 0 Å². The van der Waals surface area contributed by atoms with Gasteiger partial charge in [0.1, 0.15) is 12.5 Å². The Morgan fingerprint density at radius 1 is 1.70 bits per heavy atom. The van der Waals surface area contributed by atoms with Crippen molar-refractivity contribution in [1.29, 1.82) is 0 Å². The van der Waals surface area contributed by atoms with Crippen LogP contribution >= 0.6 is 0 Å². The van der Waals surface area contributed by atoms with Crippen molar-refractivity contribution in [2.75, 3.05) is 17.4 Å². The molecule has 51 valence electrons. The SMILES string of the molecule is O=c1[c]cn2c(c1)NCN2.